The number of nitrogens with two attached hydrogens (primary N) is 1. The molecule has 0 aliphatic rings. The zero-order chi connectivity index (χ0) is 9.78. The smallest absolute Gasteiger partial charge is 0.330 e. The summed E-state index contributed by atoms with van der Waals surface area (Å²) in [6.45, 7) is 2.06. The molecule has 0 aromatic heterocycles. The molecule has 2 N–H and O–H groups in total. The van der Waals surface area contributed by atoms with Crippen molar-refractivity contribution in [2.75, 3.05) is 26.7 Å². The van der Waals surface area contributed by atoms with E-state index < -0.39 is 12.1 Å². The maximum Gasteiger partial charge on any atom is 0.394 e. The lowest BCUT2D eigenvalue weighted by atomic mass is 10.1. The monoisotopic (exact) mass is 184 g/mol. The Bertz CT molecular complexity index is 124. The molecule has 0 bridgehead atoms. The quantitative estimate of drug-likeness (QED) is 0.708. The van der Waals surface area contributed by atoms with Gasteiger partial charge in [0.2, 0.25) is 0 Å². The Balaban J connectivity index is 4.00. The minimum atomic E-state index is -4.17. The molecular weight excluding hydrogens is 169 g/mol. The van der Waals surface area contributed by atoms with Crippen LogP contribution in [0.2, 0.25) is 0 Å². The van der Waals surface area contributed by atoms with Crippen molar-refractivity contribution in [1.82, 2.24) is 4.90 Å². The molecule has 0 radical (unpaired) electrons. The van der Waals surface area contributed by atoms with Gasteiger partial charge in [-0.1, -0.05) is 6.92 Å². The van der Waals surface area contributed by atoms with Gasteiger partial charge in [-0.25, -0.2) is 0 Å². The average Bonchev–Trinajstić information content (AvgIpc) is 1.97. The second-order valence-corrected chi connectivity index (χ2v) is 2.83. The molecule has 0 saturated carbocycles. The Morgan fingerprint density at radius 2 is 1.92 bits per heavy atom. The largest absolute Gasteiger partial charge is 0.394 e. The number of halogens is 3. The van der Waals surface area contributed by atoms with Gasteiger partial charge in [0.05, 0.1) is 5.92 Å². The number of hydrogen-bond acceptors (Lipinski definition) is 2. The third-order valence-corrected chi connectivity index (χ3v) is 1.82. The molecule has 5 heteroatoms. The highest BCUT2D eigenvalue weighted by Crippen LogP contribution is 2.25. The average molecular weight is 184 g/mol. The summed E-state index contributed by atoms with van der Waals surface area (Å²) >= 11 is 0. The molecule has 1 atom stereocenters. The zero-order valence-corrected chi connectivity index (χ0v) is 7.36. The van der Waals surface area contributed by atoms with Crippen LogP contribution in [0.1, 0.15) is 6.92 Å². The second kappa shape index (κ2) is 4.67. The van der Waals surface area contributed by atoms with Gasteiger partial charge in [-0.05, 0) is 13.6 Å². The summed E-state index contributed by atoms with van der Waals surface area (Å²) in [7, 11) is 1.65. The lowest BCUT2D eigenvalue weighted by Gasteiger charge is -2.23. The van der Waals surface area contributed by atoms with Gasteiger partial charge in [0, 0.05) is 13.1 Å². The van der Waals surface area contributed by atoms with Gasteiger partial charge in [0.1, 0.15) is 0 Å². The molecule has 0 saturated heterocycles. The van der Waals surface area contributed by atoms with E-state index >= 15 is 0 Å². The van der Waals surface area contributed by atoms with Crippen LogP contribution < -0.4 is 5.73 Å². The highest BCUT2D eigenvalue weighted by Gasteiger charge is 2.38. The highest BCUT2D eigenvalue weighted by molar-refractivity contribution is 4.71. The van der Waals surface area contributed by atoms with Gasteiger partial charge in [-0.3, -0.25) is 0 Å². The van der Waals surface area contributed by atoms with E-state index in [0.717, 1.165) is 0 Å². The van der Waals surface area contributed by atoms with Crippen LogP contribution in [0.25, 0.3) is 0 Å². The first-order valence-electron chi connectivity index (χ1n) is 3.87. The van der Waals surface area contributed by atoms with Crippen LogP contribution in [0.3, 0.4) is 0 Å². The molecule has 74 valence electrons. The Morgan fingerprint density at radius 3 is 2.17 bits per heavy atom. The minimum absolute atomic E-state index is 0.0174. The first-order chi connectivity index (χ1) is 5.41. The van der Waals surface area contributed by atoms with E-state index in [1.807, 2.05) is 6.92 Å². The van der Waals surface area contributed by atoms with Crippen molar-refractivity contribution in [3.63, 3.8) is 0 Å². The van der Waals surface area contributed by atoms with Crippen molar-refractivity contribution in [2.24, 2.45) is 11.7 Å². The van der Waals surface area contributed by atoms with Gasteiger partial charge < -0.3 is 10.6 Å². The van der Waals surface area contributed by atoms with E-state index in [4.69, 9.17) is 5.73 Å². The Hall–Kier alpha value is -0.290. The molecule has 0 aromatic rings. The maximum absolute atomic E-state index is 12.1. The molecule has 0 rings (SSSR count). The summed E-state index contributed by atoms with van der Waals surface area (Å²) in [5.74, 6) is -1.40. The van der Waals surface area contributed by atoms with Crippen molar-refractivity contribution in [3.8, 4) is 0 Å². The van der Waals surface area contributed by atoms with Crippen LogP contribution in [0.15, 0.2) is 0 Å². The molecule has 0 aliphatic heterocycles. The van der Waals surface area contributed by atoms with Gasteiger partial charge >= 0.3 is 6.18 Å². The molecule has 0 fully saturated rings. The van der Waals surface area contributed by atoms with Gasteiger partial charge in [0.25, 0.3) is 0 Å². The predicted molar refractivity (Wildman–Crippen MR) is 41.8 cm³/mol. The van der Waals surface area contributed by atoms with Gasteiger partial charge in [-0.2, -0.15) is 13.2 Å². The van der Waals surface area contributed by atoms with E-state index in [0.29, 0.717) is 6.54 Å². The molecule has 0 spiro atoms. The number of nitrogens with zero attached hydrogens (tertiary/aromatic N) is 1. The topological polar surface area (TPSA) is 29.3 Å². The van der Waals surface area contributed by atoms with Crippen molar-refractivity contribution in [3.05, 3.63) is 0 Å². The normalized spacial score (nSPS) is 15.2. The van der Waals surface area contributed by atoms with Crippen LogP contribution in [-0.2, 0) is 0 Å². The third-order valence-electron chi connectivity index (χ3n) is 1.82. The van der Waals surface area contributed by atoms with Crippen LogP contribution in [0.5, 0.6) is 0 Å². The number of alkyl halides is 3. The fraction of sp³-hybridized carbons (Fsp3) is 1.00. The first-order valence-corrected chi connectivity index (χ1v) is 3.87. The third kappa shape index (κ3) is 3.92. The summed E-state index contributed by atoms with van der Waals surface area (Å²) < 4.78 is 36.3. The standard InChI is InChI=1S/C7H15F3N2/c1-3-12(2)5-6(4-11)7(8,9)10/h6H,3-5,11H2,1-2H3. The Morgan fingerprint density at radius 1 is 1.42 bits per heavy atom. The SMILES string of the molecule is CCN(C)CC(CN)C(F)(F)F. The fourth-order valence-electron chi connectivity index (χ4n) is 0.817. The van der Waals surface area contributed by atoms with E-state index in [-0.39, 0.29) is 13.1 Å². The fourth-order valence-corrected chi connectivity index (χ4v) is 0.817. The summed E-state index contributed by atoms with van der Waals surface area (Å²) in [6.07, 6.45) is -4.17. The van der Waals surface area contributed by atoms with Crippen molar-refractivity contribution in [2.45, 2.75) is 13.1 Å². The maximum atomic E-state index is 12.1. The minimum Gasteiger partial charge on any atom is -0.330 e. The molecule has 0 aromatic carbocycles. The summed E-state index contributed by atoms with van der Waals surface area (Å²) in [5, 5.41) is 0. The lowest BCUT2D eigenvalue weighted by molar-refractivity contribution is -0.175. The second-order valence-electron chi connectivity index (χ2n) is 2.83. The van der Waals surface area contributed by atoms with Crippen LogP contribution in [0.4, 0.5) is 13.2 Å². The molecule has 0 heterocycles. The summed E-state index contributed by atoms with van der Waals surface area (Å²) in [4.78, 5) is 1.60. The molecule has 0 aliphatic carbocycles. The van der Waals surface area contributed by atoms with Crippen molar-refractivity contribution < 1.29 is 13.2 Å². The summed E-state index contributed by atoms with van der Waals surface area (Å²) in [5.41, 5.74) is 5.02. The van der Waals surface area contributed by atoms with Gasteiger partial charge in [0.15, 0.2) is 0 Å². The van der Waals surface area contributed by atoms with Crippen molar-refractivity contribution >= 4 is 0 Å². The first kappa shape index (κ1) is 11.7. The molecule has 12 heavy (non-hydrogen) atoms. The van der Waals surface area contributed by atoms with Crippen molar-refractivity contribution in [1.29, 1.82) is 0 Å². The predicted octanol–water partition coefficient (Wildman–Crippen LogP) is 1.08. The Kier molecular flexibility index (Phi) is 4.55. The van der Waals surface area contributed by atoms with E-state index in [9.17, 15) is 13.2 Å². The van der Waals surface area contributed by atoms with E-state index in [2.05, 4.69) is 0 Å². The van der Waals surface area contributed by atoms with Crippen LogP contribution in [0, 0.1) is 5.92 Å². The number of rotatable bonds is 4. The molecule has 1 unspecified atom stereocenters. The van der Waals surface area contributed by atoms with Crippen LogP contribution in [-0.4, -0.2) is 37.8 Å². The lowest BCUT2D eigenvalue weighted by Crippen LogP contribution is -2.39. The molecule has 0 amide bonds. The molecular formula is C7H15F3N2. The van der Waals surface area contributed by atoms with Crippen LogP contribution >= 0.6 is 0 Å². The Labute approximate surface area is 70.5 Å². The van der Waals surface area contributed by atoms with Gasteiger partial charge in [-0.15, -0.1) is 0 Å². The van der Waals surface area contributed by atoms with E-state index in [1.165, 1.54) is 0 Å². The highest BCUT2D eigenvalue weighted by atomic mass is 19.4. The van der Waals surface area contributed by atoms with E-state index in [1.54, 1.807) is 11.9 Å². The number of hydrogen-bond donors (Lipinski definition) is 1. The summed E-state index contributed by atoms with van der Waals surface area (Å²) in [6, 6.07) is 0. The zero-order valence-electron chi connectivity index (χ0n) is 7.36. The molecule has 2 nitrogen and oxygen atoms in total.